The summed E-state index contributed by atoms with van der Waals surface area (Å²) in [7, 11) is 0. The predicted octanol–water partition coefficient (Wildman–Crippen LogP) is 2.99. The van der Waals surface area contributed by atoms with E-state index in [-0.39, 0.29) is 17.6 Å². The highest BCUT2D eigenvalue weighted by atomic mass is 16.5. The second-order valence-electron chi connectivity index (χ2n) is 7.51. The highest BCUT2D eigenvalue weighted by Gasteiger charge is 2.40. The Bertz CT molecular complexity index is 332. The zero-order valence-corrected chi connectivity index (χ0v) is 14.5. The minimum absolute atomic E-state index is 0.0198. The zero-order chi connectivity index (χ0) is 16.1. The van der Waals surface area contributed by atoms with Crippen LogP contribution in [0, 0.1) is 5.41 Å². The van der Waals surface area contributed by atoms with Gasteiger partial charge in [-0.25, -0.2) is 0 Å². The van der Waals surface area contributed by atoms with Crippen molar-refractivity contribution in [3.8, 4) is 0 Å². The van der Waals surface area contributed by atoms with Crippen molar-refractivity contribution >= 4 is 5.91 Å². The molecule has 3 N–H and O–H groups in total. The van der Waals surface area contributed by atoms with Gasteiger partial charge in [0.15, 0.2) is 0 Å². The largest absolute Gasteiger partial charge is 0.361 e. The summed E-state index contributed by atoms with van der Waals surface area (Å²) in [5, 5.41) is 3.02. The van der Waals surface area contributed by atoms with Gasteiger partial charge in [0.25, 0.3) is 0 Å². The quantitative estimate of drug-likeness (QED) is 0.759. The Labute approximate surface area is 130 Å². The number of nitrogens with one attached hydrogen (secondary N) is 1. The maximum atomic E-state index is 12.2. The summed E-state index contributed by atoms with van der Waals surface area (Å²) in [6, 6.07) is 0.202. The van der Waals surface area contributed by atoms with Crippen LogP contribution in [0.5, 0.6) is 0 Å². The molecule has 4 nitrogen and oxygen atoms in total. The van der Waals surface area contributed by atoms with E-state index >= 15 is 0 Å². The molecule has 0 radical (unpaired) electrons. The second kappa shape index (κ2) is 7.59. The predicted molar refractivity (Wildman–Crippen MR) is 87.1 cm³/mol. The number of hydrogen-bond donors (Lipinski definition) is 2. The second-order valence-corrected chi connectivity index (χ2v) is 7.51. The van der Waals surface area contributed by atoms with E-state index in [1.54, 1.807) is 0 Å². The van der Waals surface area contributed by atoms with Crippen LogP contribution in [0.25, 0.3) is 0 Å². The van der Waals surface area contributed by atoms with Gasteiger partial charge in [-0.1, -0.05) is 27.2 Å². The van der Waals surface area contributed by atoms with E-state index in [0.29, 0.717) is 12.0 Å². The van der Waals surface area contributed by atoms with E-state index in [1.165, 1.54) is 0 Å². The van der Waals surface area contributed by atoms with Crippen LogP contribution in [0.1, 0.15) is 73.1 Å². The Morgan fingerprint density at radius 3 is 2.29 bits per heavy atom. The Hall–Kier alpha value is -0.610. The number of rotatable bonds is 7. The lowest BCUT2D eigenvalue weighted by molar-refractivity contribution is -0.152. The molecule has 0 aromatic carbocycles. The molecule has 0 heterocycles. The summed E-state index contributed by atoms with van der Waals surface area (Å²) >= 11 is 0. The lowest BCUT2D eigenvalue weighted by atomic mass is 9.71. The molecule has 1 aliphatic rings. The normalized spacial score (nSPS) is 23.3. The number of amides is 1. The van der Waals surface area contributed by atoms with Gasteiger partial charge >= 0.3 is 0 Å². The average molecular weight is 298 g/mol. The molecular weight excluding hydrogens is 264 g/mol. The zero-order valence-electron chi connectivity index (χ0n) is 14.5. The molecule has 0 saturated heterocycles. The molecule has 2 unspecified atom stereocenters. The van der Waals surface area contributed by atoms with E-state index < -0.39 is 6.10 Å². The molecule has 1 fully saturated rings. The van der Waals surface area contributed by atoms with Crippen LogP contribution < -0.4 is 11.1 Å². The summed E-state index contributed by atoms with van der Waals surface area (Å²) in [6.45, 7) is 11.1. The standard InChI is InChI=1S/C17H34N2O2/c1-6-7-13(2)19-15(20)14(3)21-17(12-18)10-8-16(4,5)9-11-17/h13-14H,6-12,18H2,1-5H3,(H,19,20). The van der Waals surface area contributed by atoms with Crippen molar-refractivity contribution in [3.63, 3.8) is 0 Å². The van der Waals surface area contributed by atoms with Crippen molar-refractivity contribution in [1.82, 2.24) is 5.32 Å². The van der Waals surface area contributed by atoms with Crippen molar-refractivity contribution in [2.45, 2.75) is 90.9 Å². The molecule has 124 valence electrons. The van der Waals surface area contributed by atoms with Crippen molar-refractivity contribution in [2.75, 3.05) is 6.54 Å². The molecule has 1 aliphatic carbocycles. The van der Waals surface area contributed by atoms with Crippen LogP contribution >= 0.6 is 0 Å². The molecule has 1 saturated carbocycles. The molecule has 0 aromatic rings. The van der Waals surface area contributed by atoms with E-state index in [0.717, 1.165) is 38.5 Å². The van der Waals surface area contributed by atoms with Gasteiger partial charge in [0.05, 0.1) is 5.60 Å². The maximum absolute atomic E-state index is 12.2. The third-order valence-corrected chi connectivity index (χ3v) is 4.79. The molecule has 0 bridgehead atoms. The fourth-order valence-electron chi connectivity index (χ4n) is 3.05. The van der Waals surface area contributed by atoms with E-state index in [4.69, 9.17) is 10.5 Å². The average Bonchev–Trinajstić information content (AvgIpc) is 2.41. The fourth-order valence-corrected chi connectivity index (χ4v) is 3.05. The first-order chi connectivity index (χ1) is 9.73. The Morgan fingerprint density at radius 1 is 1.24 bits per heavy atom. The molecule has 2 atom stereocenters. The molecule has 0 aliphatic heterocycles. The maximum Gasteiger partial charge on any atom is 0.249 e. The van der Waals surface area contributed by atoms with Crippen molar-refractivity contribution in [2.24, 2.45) is 11.1 Å². The monoisotopic (exact) mass is 298 g/mol. The van der Waals surface area contributed by atoms with E-state index in [2.05, 4.69) is 26.1 Å². The van der Waals surface area contributed by atoms with Crippen molar-refractivity contribution in [1.29, 1.82) is 0 Å². The Morgan fingerprint density at radius 2 is 1.81 bits per heavy atom. The number of carbonyl (C=O) groups is 1. The van der Waals surface area contributed by atoms with E-state index in [9.17, 15) is 4.79 Å². The molecule has 4 heteroatoms. The fraction of sp³-hybridized carbons (Fsp3) is 0.941. The molecule has 21 heavy (non-hydrogen) atoms. The molecule has 0 spiro atoms. The topological polar surface area (TPSA) is 64.3 Å². The minimum atomic E-state index is -0.436. The van der Waals surface area contributed by atoms with Crippen LogP contribution in [0.3, 0.4) is 0 Å². The Kier molecular flexibility index (Phi) is 6.67. The number of nitrogens with two attached hydrogens (primary N) is 1. The third kappa shape index (κ3) is 5.59. The van der Waals surface area contributed by atoms with Crippen LogP contribution in [-0.4, -0.2) is 30.2 Å². The van der Waals surface area contributed by atoms with Gasteiger partial charge in [-0.05, 0) is 51.4 Å². The van der Waals surface area contributed by atoms with Crippen molar-refractivity contribution in [3.05, 3.63) is 0 Å². The highest BCUT2D eigenvalue weighted by Crippen LogP contribution is 2.42. The third-order valence-electron chi connectivity index (χ3n) is 4.79. The summed E-state index contributed by atoms with van der Waals surface area (Å²) < 4.78 is 6.13. The smallest absolute Gasteiger partial charge is 0.249 e. The van der Waals surface area contributed by atoms with Crippen molar-refractivity contribution < 1.29 is 9.53 Å². The first-order valence-electron chi connectivity index (χ1n) is 8.42. The first kappa shape index (κ1) is 18.4. The van der Waals surface area contributed by atoms with Gasteiger partial charge in [0.1, 0.15) is 6.10 Å². The summed E-state index contributed by atoms with van der Waals surface area (Å²) in [5.41, 5.74) is 6.01. The summed E-state index contributed by atoms with van der Waals surface area (Å²) in [5.74, 6) is -0.0198. The van der Waals surface area contributed by atoms with Crippen LogP contribution in [0.2, 0.25) is 0 Å². The van der Waals surface area contributed by atoms with Gasteiger partial charge in [-0.15, -0.1) is 0 Å². The van der Waals surface area contributed by atoms with Gasteiger partial charge in [0.2, 0.25) is 5.91 Å². The Balaban J connectivity index is 2.55. The molecule has 0 aromatic heterocycles. The lowest BCUT2D eigenvalue weighted by Crippen LogP contribution is -2.50. The van der Waals surface area contributed by atoms with Gasteiger partial charge in [0, 0.05) is 12.6 Å². The minimum Gasteiger partial charge on any atom is -0.361 e. The molecule has 1 rings (SSSR count). The van der Waals surface area contributed by atoms with E-state index in [1.807, 2.05) is 13.8 Å². The SMILES string of the molecule is CCCC(C)NC(=O)C(C)OC1(CN)CCC(C)(C)CC1. The number of hydrogen-bond acceptors (Lipinski definition) is 3. The van der Waals surface area contributed by atoms with Gasteiger partial charge in [-0.2, -0.15) is 0 Å². The van der Waals surface area contributed by atoms with Gasteiger partial charge in [-0.3, -0.25) is 4.79 Å². The summed E-state index contributed by atoms with van der Waals surface area (Å²) in [6.07, 6.45) is 5.72. The molecule has 1 amide bonds. The highest BCUT2D eigenvalue weighted by molar-refractivity contribution is 5.80. The van der Waals surface area contributed by atoms with Crippen LogP contribution in [-0.2, 0) is 9.53 Å². The van der Waals surface area contributed by atoms with Gasteiger partial charge < -0.3 is 15.8 Å². The number of ether oxygens (including phenoxy) is 1. The van der Waals surface area contributed by atoms with Crippen LogP contribution in [0.15, 0.2) is 0 Å². The lowest BCUT2D eigenvalue weighted by Gasteiger charge is -2.44. The number of carbonyl (C=O) groups excluding carboxylic acids is 1. The molecular formula is C17H34N2O2. The first-order valence-corrected chi connectivity index (χ1v) is 8.42. The summed E-state index contributed by atoms with van der Waals surface area (Å²) in [4.78, 5) is 12.2. The van der Waals surface area contributed by atoms with Crippen LogP contribution in [0.4, 0.5) is 0 Å².